The summed E-state index contributed by atoms with van der Waals surface area (Å²) in [5, 5.41) is 17.0. The molecule has 0 radical (unpaired) electrons. The van der Waals surface area contributed by atoms with Crippen molar-refractivity contribution >= 4 is 11.9 Å². The molecule has 4 rings (SSSR count). The molecule has 1 aromatic carbocycles. The van der Waals surface area contributed by atoms with Crippen molar-refractivity contribution in [2.24, 2.45) is 5.41 Å². The van der Waals surface area contributed by atoms with Crippen LogP contribution in [0.3, 0.4) is 0 Å². The summed E-state index contributed by atoms with van der Waals surface area (Å²) in [4.78, 5) is 23.7. The molecule has 0 atom stereocenters. The first-order chi connectivity index (χ1) is 12.6. The van der Waals surface area contributed by atoms with Gasteiger partial charge in [-0.2, -0.15) is 5.10 Å². The number of benzene rings is 1. The fourth-order valence-corrected chi connectivity index (χ4v) is 4.06. The quantitative estimate of drug-likeness (QED) is 0.836. The van der Waals surface area contributed by atoms with Gasteiger partial charge >= 0.3 is 5.97 Å². The standard InChI is InChI=1S/C20H23N3O3/c24-18(12-20(19(25)26)10-5-11-20)21-13-16-15-8-4-9-17(15)23(22-16)14-6-2-1-3-7-14/h1-3,6-7H,4-5,8-13H2,(H,21,24)(H,25,26). The number of carbonyl (C=O) groups excluding carboxylic acids is 1. The van der Waals surface area contributed by atoms with Crippen molar-refractivity contribution in [1.29, 1.82) is 0 Å². The van der Waals surface area contributed by atoms with Crippen LogP contribution in [0.1, 0.15) is 49.1 Å². The number of nitrogens with zero attached hydrogens (tertiary/aromatic N) is 2. The Morgan fingerprint density at radius 2 is 1.92 bits per heavy atom. The average Bonchev–Trinajstić information content (AvgIpc) is 3.19. The second kappa shape index (κ2) is 6.59. The maximum absolute atomic E-state index is 12.3. The third kappa shape index (κ3) is 2.89. The molecule has 1 fully saturated rings. The minimum atomic E-state index is -0.854. The zero-order valence-corrected chi connectivity index (χ0v) is 14.7. The lowest BCUT2D eigenvalue weighted by atomic mass is 9.66. The molecule has 1 aromatic heterocycles. The Morgan fingerprint density at radius 3 is 2.58 bits per heavy atom. The summed E-state index contributed by atoms with van der Waals surface area (Å²) in [5.74, 6) is -1.05. The summed E-state index contributed by atoms with van der Waals surface area (Å²) in [6, 6.07) is 10.0. The molecule has 1 saturated carbocycles. The van der Waals surface area contributed by atoms with Crippen LogP contribution in [-0.4, -0.2) is 26.8 Å². The van der Waals surface area contributed by atoms with E-state index in [2.05, 4.69) is 5.32 Å². The van der Waals surface area contributed by atoms with E-state index in [0.29, 0.717) is 19.4 Å². The van der Waals surface area contributed by atoms with Gasteiger partial charge in [0.2, 0.25) is 5.91 Å². The molecule has 1 amide bonds. The largest absolute Gasteiger partial charge is 0.481 e. The number of amides is 1. The number of carbonyl (C=O) groups is 2. The number of rotatable bonds is 6. The molecule has 2 aliphatic carbocycles. The summed E-state index contributed by atoms with van der Waals surface area (Å²) in [5.41, 5.74) is 3.53. The van der Waals surface area contributed by atoms with Crippen LogP contribution in [0.4, 0.5) is 0 Å². The number of hydrogen-bond acceptors (Lipinski definition) is 3. The van der Waals surface area contributed by atoms with Crippen LogP contribution in [0.2, 0.25) is 0 Å². The molecule has 0 saturated heterocycles. The van der Waals surface area contributed by atoms with Gasteiger partial charge in [0, 0.05) is 12.1 Å². The topological polar surface area (TPSA) is 84.2 Å². The fourth-order valence-electron chi connectivity index (χ4n) is 4.06. The number of aliphatic carboxylic acids is 1. The molecule has 136 valence electrons. The highest BCUT2D eigenvalue weighted by Gasteiger charge is 2.45. The predicted molar refractivity (Wildman–Crippen MR) is 96.0 cm³/mol. The third-order valence-corrected chi connectivity index (χ3v) is 5.73. The Labute approximate surface area is 152 Å². The third-order valence-electron chi connectivity index (χ3n) is 5.73. The second-order valence-corrected chi connectivity index (χ2v) is 7.37. The van der Waals surface area contributed by atoms with Gasteiger partial charge in [-0.1, -0.05) is 24.6 Å². The van der Waals surface area contributed by atoms with Crippen LogP contribution < -0.4 is 5.32 Å². The Bertz CT molecular complexity index is 837. The number of aromatic nitrogens is 2. The monoisotopic (exact) mass is 353 g/mol. The van der Waals surface area contributed by atoms with Crippen LogP contribution in [0.25, 0.3) is 5.69 Å². The van der Waals surface area contributed by atoms with Gasteiger partial charge in [-0.05, 0) is 49.8 Å². The average molecular weight is 353 g/mol. The maximum atomic E-state index is 12.3. The number of fused-ring (bicyclic) bond motifs is 1. The second-order valence-electron chi connectivity index (χ2n) is 7.37. The number of carboxylic acid groups (broad SMARTS) is 1. The minimum Gasteiger partial charge on any atom is -0.481 e. The van der Waals surface area contributed by atoms with Gasteiger partial charge in [-0.15, -0.1) is 0 Å². The van der Waals surface area contributed by atoms with Gasteiger partial charge in [0.1, 0.15) is 0 Å². The van der Waals surface area contributed by atoms with E-state index in [1.807, 2.05) is 35.0 Å². The lowest BCUT2D eigenvalue weighted by Gasteiger charge is -2.36. The zero-order valence-electron chi connectivity index (χ0n) is 14.7. The molecule has 6 heteroatoms. The number of carboxylic acids is 1. The van der Waals surface area contributed by atoms with Crippen molar-refractivity contribution in [3.8, 4) is 5.69 Å². The van der Waals surface area contributed by atoms with E-state index in [0.717, 1.165) is 37.1 Å². The first-order valence-corrected chi connectivity index (χ1v) is 9.24. The molecular formula is C20H23N3O3. The Kier molecular flexibility index (Phi) is 4.26. The van der Waals surface area contributed by atoms with Gasteiger partial charge in [-0.3, -0.25) is 9.59 Å². The van der Waals surface area contributed by atoms with E-state index in [1.165, 1.54) is 11.3 Å². The summed E-state index contributed by atoms with van der Waals surface area (Å²) in [6.07, 6.45) is 5.20. The fraction of sp³-hybridized carbons (Fsp3) is 0.450. The van der Waals surface area contributed by atoms with E-state index < -0.39 is 11.4 Å². The molecule has 0 bridgehead atoms. The molecule has 26 heavy (non-hydrogen) atoms. The number of nitrogens with one attached hydrogen (secondary N) is 1. The highest BCUT2D eigenvalue weighted by Crippen LogP contribution is 2.44. The highest BCUT2D eigenvalue weighted by atomic mass is 16.4. The molecule has 0 spiro atoms. The summed E-state index contributed by atoms with van der Waals surface area (Å²) >= 11 is 0. The number of hydrogen-bond donors (Lipinski definition) is 2. The molecule has 0 aliphatic heterocycles. The van der Waals surface area contributed by atoms with Crippen LogP contribution in [0.15, 0.2) is 30.3 Å². The molecule has 6 nitrogen and oxygen atoms in total. The van der Waals surface area contributed by atoms with Crippen molar-refractivity contribution in [3.05, 3.63) is 47.3 Å². The Morgan fingerprint density at radius 1 is 1.15 bits per heavy atom. The summed E-state index contributed by atoms with van der Waals surface area (Å²) in [6.45, 7) is 0.358. The first kappa shape index (κ1) is 16.8. The molecule has 2 aliphatic rings. The van der Waals surface area contributed by atoms with E-state index in [4.69, 9.17) is 5.10 Å². The van der Waals surface area contributed by atoms with Gasteiger partial charge < -0.3 is 10.4 Å². The lowest BCUT2D eigenvalue weighted by Crippen LogP contribution is -2.42. The van der Waals surface area contributed by atoms with Crippen molar-refractivity contribution < 1.29 is 14.7 Å². The molecule has 2 aromatic rings. The Hall–Kier alpha value is -2.63. The van der Waals surface area contributed by atoms with Gasteiger partial charge in [0.25, 0.3) is 0 Å². The maximum Gasteiger partial charge on any atom is 0.310 e. The predicted octanol–water partition coefficient (Wildman–Crippen LogP) is 2.62. The van der Waals surface area contributed by atoms with Crippen molar-refractivity contribution in [3.63, 3.8) is 0 Å². The Balaban J connectivity index is 1.47. The van der Waals surface area contributed by atoms with Gasteiger partial charge in [-0.25, -0.2) is 4.68 Å². The minimum absolute atomic E-state index is 0.0594. The summed E-state index contributed by atoms with van der Waals surface area (Å²) in [7, 11) is 0. The van der Waals surface area contributed by atoms with Crippen LogP contribution in [-0.2, 0) is 29.0 Å². The van der Waals surface area contributed by atoms with Crippen molar-refractivity contribution in [2.75, 3.05) is 0 Å². The van der Waals surface area contributed by atoms with Crippen LogP contribution in [0, 0.1) is 5.41 Å². The number of para-hydroxylation sites is 1. The van der Waals surface area contributed by atoms with Crippen molar-refractivity contribution in [2.45, 2.75) is 51.5 Å². The van der Waals surface area contributed by atoms with Crippen LogP contribution in [0.5, 0.6) is 0 Å². The lowest BCUT2D eigenvalue weighted by molar-refractivity contribution is -0.157. The SMILES string of the molecule is O=C(CC1(C(=O)O)CCC1)NCc1nn(-c2ccccc2)c2c1CCC2. The van der Waals surface area contributed by atoms with E-state index in [1.54, 1.807) is 0 Å². The van der Waals surface area contributed by atoms with Gasteiger partial charge in [0.05, 0.1) is 23.3 Å². The normalized spacial score (nSPS) is 17.4. The first-order valence-electron chi connectivity index (χ1n) is 9.24. The smallest absolute Gasteiger partial charge is 0.310 e. The van der Waals surface area contributed by atoms with E-state index >= 15 is 0 Å². The molecule has 2 N–H and O–H groups in total. The molecule has 1 heterocycles. The molecule has 0 unspecified atom stereocenters. The van der Waals surface area contributed by atoms with Crippen molar-refractivity contribution in [1.82, 2.24) is 15.1 Å². The van der Waals surface area contributed by atoms with Gasteiger partial charge in [0.15, 0.2) is 0 Å². The molecular weight excluding hydrogens is 330 g/mol. The van der Waals surface area contributed by atoms with E-state index in [-0.39, 0.29) is 12.3 Å². The summed E-state index contributed by atoms with van der Waals surface area (Å²) < 4.78 is 1.98. The zero-order chi connectivity index (χ0) is 18.1. The highest BCUT2D eigenvalue weighted by molar-refractivity contribution is 5.85. The van der Waals surface area contributed by atoms with E-state index in [9.17, 15) is 14.7 Å². The van der Waals surface area contributed by atoms with Crippen LogP contribution >= 0.6 is 0 Å².